The van der Waals surface area contributed by atoms with Crippen LogP contribution in [0.5, 0.6) is 0 Å². The highest BCUT2D eigenvalue weighted by Crippen LogP contribution is 2.12. The van der Waals surface area contributed by atoms with Gasteiger partial charge in [-0.2, -0.15) is 13.2 Å². The number of rotatable bonds is 6. The van der Waals surface area contributed by atoms with Crippen molar-refractivity contribution >= 4 is 0 Å². The Morgan fingerprint density at radius 1 is 1.20 bits per heavy atom. The average molecular weight is 226 g/mol. The van der Waals surface area contributed by atoms with E-state index in [2.05, 4.69) is 31.0 Å². The second-order valence-corrected chi connectivity index (χ2v) is 4.26. The molecule has 0 rings (SSSR count). The lowest BCUT2D eigenvalue weighted by Gasteiger charge is -2.27. The molecule has 0 aliphatic rings. The fourth-order valence-corrected chi connectivity index (χ4v) is 1.20. The van der Waals surface area contributed by atoms with Crippen molar-refractivity contribution in [2.75, 3.05) is 26.7 Å². The lowest BCUT2D eigenvalue weighted by atomic mass is 10.1. The quantitative estimate of drug-likeness (QED) is 0.698. The van der Waals surface area contributed by atoms with Crippen LogP contribution in [0, 0.1) is 5.92 Å². The average Bonchev–Trinajstić information content (AvgIpc) is 2.09. The minimum Gasteiger partial charge on any atom is -0.307 e. The van der Waals surface area contributed by atoms with E-state index < -0.39 is 12.7 Å². The highest BCUT2D eigenvalue weighted by molar-refractivity contribution is 4.68. The van der Waals surface area contributed by atoms with Crippen LogP contribution in [0.15, 0.2) is 0 Å². The maximum Gasteiger partial charge on any atom is 0.401 e. The molecular weight excluding hydrogens is 205 g/mol. The van der Waals surface area contributed by atoms with Crippen molar-refractivity contribution in [2.45, 2.75) is 33.0 Å². The molecule has 2 nitrogen and oxygen atoms in total. The molecule has 0 aliphatic heterocycles. The van der Waals surface area contributed by atoms with Crippen LogP contribution in [-0.2, 0) is 0 Å². The van der Waals surface area contributed by atoms with E-state index in [0.717, 1.165) is 0 Å². The number of hydrogen-bond acceptors (Lipinski definition) is 2. The molecule has 0 amide bonds. The fraction of sp³-hybridized carbons (Fsp3) is 1.00. The molecule has 0 heterocycles. The van der Waals surface area contributed by atoms with E-state index in [4.69, 9.17) is 0 Å². The highest BCUT2D eigenvalue weighted by atomic mass is 19.4. The Bertz CT molecular complexity index is 169. The summed E-state index contributed by atoms with van der Waals surface area (Å²) < 4.78 is 35.4. The van der Waals surface area contributed by atoms with Gasteiger partial charge in [-0.15, -0.1) is 0 Å². The molecule has 92 valence electrons. The molecular formula is C10H21F3N2. The Labute approximate surface area is 89.8 Å². The third-order valence-corrected chi connectivity index (χ3v) is 2.63. The number of likely N-dealkylation sites (N-methyl/N-ethyl adjacent to an activating group) is 1. The topological polar surface area (TPSA) is 15.3 Å². The molecule has 0 saturated heterocycles. The van der Waals surface area contributed by atoms with Crippen molar-refractivity contribution < 1.29 is 13.2 Å². The van der Waals surface area contributed by atoms with Gasteiger partial charge in [-0.1, -0.05) is 13.8 Å². The molecule has 0 bridgehead atoms. The van der Waals surface area contributed by atoms with Gasteiger partial charge in [0, 0.05) is 19.1 Å². The van der Waals surface area contributed by atoms with E-state index in [9.17, 15) is 13.2 Å². The summed E-state index contributed by atoms with van der Waals surface area (Å²) in [5, 5.41) is 2.38. The zero-order valence-corrected chi connectivity index (χ0v) is 9.86. The Hall–Kier alpha value is -0.290. The zero-order chi connectivity index (χ0) is 12.1. The minimum atomic E-state index is -4.11. The lowest BCUT2D eigenvalue weighted by Crippen LogP contribution is -2.40. The minimum absolute atomic E-state index is 0.368. The van der Waals surface area contributed by atoms with Gasteiger partial charge in [-0.3, -0.25) is 0 Å². The van der Waals surface area contributed by atoms with Crippen molar-refractivity contribution in [3.8, 4) is 0 Å². The van der Waals surface area contributed by atoms with Crippen LogP contribution in [0.3, 0.4) is 0 Å². The van der Waals surface area contributed by atoms with Gasteiger partial charge in [-0.05, 0) is 19.9 Å². The van der Waals surface area contributed by atoms with Gasteiger partial charge in [0.2, 0.25) is 0 Å². The van der Waals surface area contributed by atoms with Gasteiger partial charge in [0.1, 0.15) is 0 Å². The summed E-state index contributed by atoms with van der Waals surface area (Å²) in [5.41, 5.74) is 0. The second kappa shape index (κ2) is 6.33. The molecule has 0 saturated carbocycles. The van der Waals surface area contributed by atoms with Gasteiger partial charge < -0.3 is 10.2 Å². The highest BCUT2D eigenvalue weighted by Gasteiger charge is 2.26. The zero-order valence-electron chi connectivity index (χ0n) is 9.86. The molecule has 15 heavy (non-hydrogen) atoms. The maximum absolute atomic E-state index is 11.8. The molecule has 0 aromatic rings. The standard InChI is InChI=1S/C10H21F3N2/c1-8(2)9(3)15(4)6-5-14-7-10(11,12)13/h8-9,14H,5-7H2,1-4H3. The number of alkyl halides is 3. The van der Waals surface area contributed by atoms with E-state index in [1.54, 1.807) is 0 Å². The molecule has 5 heteroatoms. The molecule has 1 atom stereocenters. The Morgan fingerprint density at radius 2 is 1.73 bits per heavy atom. The van der Waals surface area contributed by atoms with Crippen LogP contribution in [-0.4, -0.2) is 43.8 Å². The number of hydrogen-bond donors (Lipinski definition) is 1. The Balaban J connectivity index is 3.60. The summed E-state index contributed by atoms with van der Waals surface area (Å²) >= 11 is 0. The van der Waals surface area contributed by atoms with Gasteiger partial charge >= 0.3 is 6.18 Å². The van der Waals surface area contributed by atoms with Crippen LogP contribution in [0.2, 0.25) is 0 Å². The van der Waals surface area contributed by atoms with Crippen molar-refractivity contribution in [3.05, 3.63) is 0 Å². The van der Waals surface area contributed by atoms with E-state index in [0.29, 0.717) is 25.0 Å². The van der Waals surface area contributed by atoms with E-state index >= 15 is 0 Å². The number of nitrogens with one attached hydrogen (secondary N) is 1. The summed E-state index contributed by atoms with van der Waals surface area (Å²) in [6.45, 7) is 6.38. The number of halogens is 3. The van der Waals surface area contributed by atoms with E-state index in [1.165, 1.54) is 0 Å². The molecule has 1 N–H and O–H groups in total. The second-order valence-electron chi connectivity index (χ2n) is 4.26. The SMILES string of the molecule is CC(C)C(C)N(C)CCNCC(F)(F)F. The van der Waals surface area contributed by atoms with Crippen molar-refractivity contribution in [3.63, 3.8) is 0 Å². The molecule has 0 radical (unpaired) electrons. The summed E-state index contributed by atoms with van der Waals surface area (Å²) in [6.07, 6.45) is -4.11. The van der Waals surface area contributed by atoms with E-state index in [1.807, 2.05) is 7.05 Å². The van der Waals surface area contributed by atoms with Crippen LogP contribution in [0.4, 0.5) is 13.2 Å². The first-order chi connectivity index (χ1) is 6.74. The molecule has 0 spiro atoms. The molecule has 0 fully saturated rings. The van der Waals surface area contributed by atoms with Crippen LogP contribution in [0.25, 0.3) is 0 Å². The third kappa shape index (κ3) is 7.62. The van der Waals surface area contributed by atoms with Gasteiger partial charge in [0.25, 0.3) is 0 Å². The monoisotopic (exact) mass is 226 g/mol. The first-order valence-electron chi connectivity index (χ1n) is 5.21. The molecule has 0 aromatic heterocycles. The predicted molar refractivity (Wildman–Crippen MR) is 55.9 cm³/mol. The fourth-order valence-electron chi connectivity index (χ4n) is 1.20. The molecule has 0 aliphatic carbocycles. The Morgan fingerprint density at radius 3 is 2.13 bits per heavy atom. The van der Waals surface area contributed by atoms with Crippen LogP contribution < -0.4 is 5.32 Å². The first kappa shape index (κ1) is 14.7. The van der Waals surface area contributed by atoms with Gasteiger partial charge in [-0.25, -0.2) is 0 Å². The maximum atomic E-state index is 11.8. The molecule has 1 unspecified atom stereocenters. The normalized spacial score (nSPS) is 15.0. The van der Waals surface area contributed by atoms with Gasteiger partial charge in [0.05, 0.1) is 6.54 Å². The number of nitrogens with zero attached hydrogens (tertiary/aromatic N) is 1. The third-order valence-electron chi connectivity index (χ3n) is 2.63. The van der Waals surface area contributed by atoms with E-state index in [-0.39, 0.29) is 0 Å². The van der Waals surface area contributed by atoms with Crippen LogP contribution >= 0.6 is 0 Å². The summed E-state index contributed by atoms with van der Waals surface area (Å²) in [5.74, 6) is 0.512. The predicted octanol–water partition coefficient (Wildman–Crippen LogP) is 2.11. The Kier molecular flexibility index (Phi) is 6.20. The van der Waals surface area contributed by atoms with Crippen LogP contribution in [0.1, 0.15) is 20.8 Å². The summed E-state index contributed by atoms with van der Waals surface area (Å²) in [4.78, 5) is 2.06. The molecule has 0 aromatic carbocycles. The van der Waals surface area contributed by atoms with Crippen molar-refractivity contribution in [1.82, 2.24) is 10.2 Å². The van der Waals surface area contributed by atoms with Gasteiger partial charge in [0.15, 0.2) is 0 Å². The first-order valence-corrected chi connectivity index (χ1v) is 5.21. The largest absolute Gasteiger partial charge is 0.401 e. The summed E-state index contributed by atoms with van der Waals surface area (Å²) in [7, 11) is 1.93. The smallest absolute Gasteiger partial charge is 0.307 e. The van der Waals surface area contributed by atoms with Crippen molar-refractivity contribution in [2.24, 2.45) is 5.92 Å². The van der Waals surface area contributed by atoms with Crippen molar-refractivity contribution in [1.29, 1.82) is 0 Å². The lowest BCUT2D eigenvalue weighted by molar-refractivity contribution is -0.124. The summed E-state index contributed by atoms with van der Waals surface area (Å²) in [6, 6.07) is 0.387.